The van der Waals surface area contributed by atoms with E-state index < -0.39 is 5.66 Å². The van der Waals surface area contributed by atoms with Crippen LogP contribution in [-0.2, 0) is 5.66 Å². The van der Waals surface area contributed by atoms with Crippen LogP contribution in [0.5, 0.6) is 0 Å². The van der Waals surface area contributed by atoms with Gasteiger partial charge in [0, 0.05) is 16.3 Å². The first-order chi connectivity index (χ1) is 8.07. The zero-order valence-electron chi connectivity index (χ0n) is 8.78. The van der Waals surface area contributed by atoms with Crippen molar-refractivity contribution >= 4 is 31.2 Å². The molecule has 0 spiro atoms. The molecule has 0 saturated heterocycles. The lowest BCUT2D eigenvalue weighted by atomic mass is 10.1. The van der Waals surface area contributed by atoms with Crippen molar-refractivity contribution in [3.63, 3.8) is 0 Å². The third-order valence-electron chi connectivity index (χ3n) is 2.76. The molecule has 86 valence electrons. The van der Waals surface area contributed by atoms with Crippen LogP contribution in [0, 0.1) is 0 Å². The Bertz CT molecular complexity index is 697. The summed E-state index contributed by atoms with van der Waals surface area (Å²) >= 11 is 0. The van der Waals surface area contributed by atoms with Gasteiger partial charge in [-0.05, 0) is 12.1 Å². The number of halogens is 2. The minimum Gasteiger partial charge on any atom is -0.456 e. The monoisotopic (exact) mass is 250 g/mol. The van der Waals surface area contributed by atoms with Gasteiger partial charge in [0.1, 0.15) is 11.2 Å². The largest absolute Gasteiger partial charge is 0.456 e. The van der Waals surface area contributed by atoms with Crippen LogP contribution in [0.3, 0.4) is 0 Å². The number of para-hydroxylation sites is 1. The fourth-order valence-electron chi connectivity index (χ4n) is 2.05. The van der Waals surface area contributed by atoms with E-state index in [1.807, 2.05) is 12.1 Å². The Morgan fingerprint density at radius 2 is 1.65 bits per heavy atom. The Kier molecular flexibility index (Phi) is 2.20. The van der Waals surface area contributed by atoms with Crippen LogP contribution in [-0.4, -0.2) is 0 Å². The average Bonchev–Trinajstić information content (AvgIpc) is 2.65. The van der Waals surface area contributed by atoms with Crippen molar-refractivity contribution in [2.45, 2.75) is 5.66 Å². The van der Waals surface area contributed by atoms with Crippen molar-refractivity contribution in [2.24, 2.45) is 0 Å². The Morgan fingerprint density at radius 3 is 2.41 bits per heavy atom. The summed E-state index contributed by atoms with van der Waals surface area (Å²) < 4.78 is 32.6. The van der Waals surface area contributed by atoms with Gasteiger partial charge in [0.15, 0.2) is 0 Å². The second-order valence-corrected chi connectivity index (χ2v) is 4.63. The molecule has 1 atom stereocenters. The van der Waals surface area contributed by atoms with E-state index >= 15 is 0 Å². The first kappa shape index (κ1) is 10.7. The molecule has 3 rings (SSSR count). The van der Waals surface area contributed by atoms with Gasteiger partial charge in [-0.25, -0.2) is 0 Å². The molecular formula is C13H9F2OP. The number of fused-ring (bicyclic) bond motifs is 3. The Morgan fingerprint density at radius 1 is 0.941 bits per heavy atom. The second-order valence-electron chi connectivity index (χ2n) is 3.90. The molecule has 4 heteroatoms. The number of hydrogen-bond donors (Lipinski definition) is 0. The molecule has 17 heavy (non-hydrogen) atoms. The number of hydrogen-bond acceptors (Lipinski definition) is 1. The highest BCUT2D eigenvalue weighted by Gasteiger charge is 2.28. The number of alkyl halides is 2. The summed E-state index contributed by atoms with van der Waals surface area (Å²) in [6.07, 6.45) is 0. The van der Waals surface area contributed by atoms with E-state index in [0.29, 0.717) is 16.6 Å². The third kappa shape index (κ3) is 1.62. The van der Waals surface area contributed by atoms with Gasteiger partial charge < -0.3 is 4.42 Å². The minimum absolute atomic E-state index is 0.0232. The first-order valence-corrected chi connectivity index (χ1v) is 5.72. The van der Waals surface area contributed by atoms with E-state index in [4.69, 9.17) is 4.42 Å². The summed E-state index contributed by atoms with van der Waals surface area (Å²) in [6, 6.07) is 11.9. The highest BCUT2D eigenvalue weighted by molar-refractivity contribution is 7.17. The van der Waals surface area contributed by atoms with Gasteiger partial charge >= 0.3 is 0 Å². The van der Waals surface area contributed by atoms with Crippen molar-refractivity contribution in [3.8, 4) is 0 Å². The van der Waals surface area contributed by atoms with E-state index in [1.165, 1.54) is 6.07 Å². The summed E-state index contributed by atoms with van der Waals surface area (Å²) in [5.41, 5.74) is -1.86. The van der Waals surface area contributed by atoms with Crippen molar-refractivity contribution < 1.29 is 13.2 Å². The molecule has 2 aromatic carbocycles. The molecule has 0 N–H and O–H groups in total. The molecule has 0 amide bonds. The minimum atomic E-state index is -2.95. The molecule has 0 saturated carbocycles. The zero-order valence-corrected chi connectivity index (χ0v) is 9.94. The van der Waals surface area contributed by atoms with Crippen LogP contribution in [0.2, 0.25) is 0 Å². The smallest absolute Gasteiger partial charge is 0.284 e. The maximum Gasteiger partial charge on any atom is 0.284 e. The van der Waals surface area contributed by atoms with E-state index in [0.717, 1.165) is 5.39 Å². The lowest BCUT2D eigenvalue weighted by Crippen LogP contribution is -2.02. The highest BCUT2D eigenvalue weighted by Crippen LogP contribution is 2.42. The molecule has 1 aromatic heterocycles. The zero-order chi connectivity index (χ0) is 12.0. The molecule has 0 aliphatic carbocycles. The normalized spacial score (nSPS) is 12.4. The Balaban J connectivity index is 2.52. The molecule has 0 bridgehead atoms. The van der Waals surface area contributed by atoms with Crippen LogP contribution in [0.4, 0.5) is 8.78 Å². The first-order valence-electron chi connectivity index (χ1n) is 5.15. The van der Waals surface area contributed by atoms with Crippen LogP contribution in [0.25, 0.3) is 21.9 Å². The van der Waals surface area contributed by atoms with Gasteiger partial charge in [-0.15, -0.1) is 0 Å². The number of rotatable bonds is 1. The second kappa shape index (κ2) is 3.51. The summed E-state index contributed by atoms with van der Waals surface area (Å²) in [5, 5.41) is 1.21. The van der Waals surface area contributed by atoms with Crippen LogP contribution in [0.1, 0.15) is 5.56 Å². The van der Waals surface area contributed by atoms with Gasteiger partial charge in [0.05, 0.1) is 0 Å². The van der Waals surface area contributed by atoms with Crippen molar-refractivity contribution in [3.05, 3.63) is 48.0 Å². The van der Waals surface area contributed by atoms with Crippen LogP contribution >= 0.6 is 9.24 Å². The lowest BCUT2D eigenvalue weighted by molar-refractivity contribution is 0.106. The molecule has 3 aromatic rings. The van der Waals surface area contributed by atoms with Crippen molar-refractivity contribution in [1.82, 2.24) is 0 Å². The van der Waals surface area contributed by atoms with E-state index in [9.17, 15) is 8.78 Å². The van der Waals surface area contributed by atoms with Crippen molar-refractivity contribution in [2.75, 3.05) is 0 Å². The molecule has 0 aliphatic rings. The van der Waals surface area contributed by atoms with Crippen LogP contribution < -0.4 is 0 Å². The summed E-state index contributed by atoms with van der Waals surface area (Å²) in [4.78, 5) is 0. The molecule has 0 aliphatic heterocycles. The molecule has 1 heterocycles. The van der Waals surface area contributed by atoms with E-state index in [1.54, 1.807) is 33.5 Å². The van der Waals surface area contributed by atoms with Gasteiger partial charge in [-0.2, -0.15) is 8.78 Å². The molecule has 0 fully saturated rings. The third-order valence-corrected chi connectivity index (χ3v) is 3.07. The molecule has 1 unspecified atom stereocenters. The Hall–Kier alpha value is -1.47. The summed E-state index contributed by atoms with van der Waals surface area (Å²) in [5.74, 6) is 0. The van der Waals surface area contributed by atoms with Gasteiger partial charge in [0.25, 0.3) is 5.66 Å². The summed E-state index contributed by atoms with van der Waals surface area (Å²) in [6.45, 7) is 0. The van der Waals surface area contributed by atoms with Gasteiger partial charge in [0.2, 0.25) is 0 Å². The maximum absolute atomic E-state index is 13.5. The SMILES string of the molecule is FC(F)(P)c1cccc2oc3ccccc3c12. The predicted octanol–water partition coefficient (Wildman–Crippen LogP) is 4.51. The van der Waals surface area contributed by atoms with E-state index in [2.05, 4.69) is 0 Å². The lowest BCUT2D eigenvalue weighted by Gasteiger charge is -2.11. The quantitative estimate of drug-likeness (QED) is 0.579. The molecule has 1 nitrogen and oxygen atoms in total. The Labute approximate surface area is 98.6 Å². The van der Waals surface area contributed by atoms with Crippen molar-refractivity contribution in [1.29, 1.82) is 0 Å². The maximum atomic E-state index is 13.5. The van der Waals surface area contributed by atoms with Gasteiger partial charge in [-0.1, -0.05) is 39.6 Å². The van der Waals surface area contributed by atoms with Gasteiger partial charge in [-0.3, -0.25) is 0 Å². The van der Waals surface area contributed by atoms with Crippen LogP contribution in [0.15, 0.2) is 46.9 Å². The predicted molar refractivity (Wildman–Crippen MR) is 67.3 cm³/mol. The van der Waals surface area contributed by atoms with E-state index in [-0.39, 0.29) is 5.56 Å². The average molecular weight is 250 g/mol. The summed E-state index contributed by atoms with van der Waals surface area (Å²) in [7, 11) is 1.57. The number of furan rings is 1. The highest BCUT2D eigenvalue weighted by atomic mass is 31.0. The standard InChI is InChI=1S/C13H9F2OP/c14-13(15,17)9-5-3-7-11-12(9)8-4-1-2-6-10(8)16-11/h1-7H,17H2. The fourth-order valence-corrected chi connectivity index (χ4v) is 2.29. The molecule has 0 radical (unpaired) electrons. The fraction of sp³-hybridized carbons (Fsp3) is 0.0769. The number of benzene rings is 2. The molecular weight excluding hydrogens is 241 g/mol. The topological polar surface area (TPSA) is 13.1 Å².